The number of nitrogens with one attached hydrogen (secondary N) is 1. The van der Waals surface area contributed by atoms with Gasteiger partial charge in [0.1, 0.15) is 0 Å². The van der Waals surface area contributed by atoms with Gasteiger partial charge in [0.2, 0.25) is 0 Å². The van der Waals surface area contributed by atoms with Crippen molar-refractivity contribution in [2.75, 3.05) is 34.0 Å². The molecule has 0 aliphatic carbocycles. The molecule has 0 saturated heterocycles. The van der Waals surface area contributed by atoms with E-state index in [-0.39, 0.29) is 12.4 Å². The van der Waals surface area contributed by atoms with Crippen LogP contribution in [0.3, 0.4) is 0 Å². The number of hydrogen-bond acceptors (Lipinski definition) is 5. The summed E-state index contributed by atoms with van der Waals surface area (Å²) in [5, 5.41) is 3.47. The van der Waals surface area contributed by atoms with Gasteiger partial charge in [-0.3, -0.25) is 0 Å². The van der Waals surface area contributed by atoms with E-state index in [9.17, 15) is 0 Å². The molecule has 0 aromatic heterocycles. The van der Waals surface area contributed by atoms with Crippen molar-refractivity contribution < 1.29 is 18.9 Å². The lowest BCUT2D eigenvalue weighted by Gasteiger charge is -2.15. The van der Waals surface area contributed by atoms with Crippen LogP contribution < -0.4 is 24.3 Å². The van der Waals surface area contributed by atoms with Crippen molar-refractivity contribution in [3.8, 4) is 23.0 Å². The van der Waals surface area contributed by atoms with Gasteiger partial charge in [-0.2, -0.15) is 0 Å². The van der Waals surface area contributed by atoms with E-state index < -0.39 is 0 Å². The highest BCUT2D eigenvalue weighted by Gasteiger charge is 2.12. The largest absolute Gasteiger partial charge is 0.493 e. The standard InChI is InChI=1S/C21H28BrNO4.ClH/c1-5-26-20-13-16(11-17(22)21(20)27-6-2)14-23-10-9-15-7-8-18(24-3)19(12-15)25-4;/h7-8,11-13,23H,5-6,9-10,14H2,1-4H3;1H. The van der Waals surface area contributed by atoms with Crippen molar-refractivity contribution in [2.45, 2.75) is 26.8 Å². The molecule has 1 N–H and O–H groups in total. The first kappa shape index (κ1) is 24.4. The van der Waals surface area contributed by atoms with Crippen LogP contribution in [-0.2, 0) is 13.0 Å². The highest BCUT2D eigenvalue weighted by Crippen LogP contribution is 2.37. The number of halogens is 2. The predicted octanol–water partition coefficient (Wildman–Crippen LogP) is 5.02. The van der Waals surface area contributed by atoms with Crippen molar-refractivity contribution in [1.82, 2.24) is 5.32 Å². The molecular weight excluding hydrogens is 446 g/mol. The zero-order chi connectivity index (χ0) is 19.6. The molecular formula is C21H29BrClNO4. The fraction of sp³-hybridized carbons (Fsp3) is 0.429. The zero-order valence-corrected chi connectivity index (χ0v) is 19.2. The normalized spacial score (nSPS) is 10.2. The summed E-state index contributed by atoms with van der Waals surface area (Å²) in [6.07, 6.45) is 0.900. The zero-order valence-electron chi connectivity index (χ0n) is 16.8. The summed E-state index contributed by atoms with van der Waals surface area (Å²) in [7, 11) is 3.30. The Balaban J connectivity index is 0.00000392. The highest BCUT2D eigenvalue weighted by molar-refractivity contribution is 9.10. The van der Waals surface area contributed by atoms with Gasteiger partial charge in [0.05, 0.1) is 31.9 Å². The van der Waals surface area contributed by atoms with Gasteiger partial charge in [0, 0.05) is 6.54 Å². The average molecular weight is 475 g/mol. The van der Waals surface area contributed by atoms with E-state index in [4.69, 9.17) is 18.9 Å². The monoisotopic (exact) mass is 473 g/mol. The third-order valence-corrected chi connectivity index (χ3v) is 4.61. The van der Waals surface area contributed by atoms with E-state index in [2.05, 4.69) is 33.4 Å². The lowest BCUT2D eigenvalue weighted by Crippen LogP contribution is -2.17. The van der Waals surface area contributed by atoms with Gasteiger partial charge in [-0.1, -0.05) is 6.07 Å². The van der Waals surface area contributed by atoms with Gasteiger partial charge in [0.15, 0.2) is 23.0 Å². The molecule has 0 saturated carbocycles. The second kappa shape index (κ2) is 12.8. The van der Waals surface area contributed by atoms with Crippen LogP contribution >= 0.6 is 28.3 Å². The fourth-order valence-corrected chi connectivity index (χ4v) is 3.38. The molecule has 7 heteroatoms. The molecule has 0 heterocycles. The molecule has 5 nitrogen and oxygen atoms in total. The van der Waals surface area contributed by atoms with E-state index in [1.165, 1.54) is 5.56 Å². The van der Waals surface area contributed by atoms with Crippen molar-refractivity contribution in [1.29, 1.82) is 0 Å². The molecule has 2 rings (SSSR count). The predicted molar refractivity (Wildman–Crippen MR) is 119 cm³/mol. The molecule has 0 aliphatic rings. The van der Waals surface area contributed by atoms with Gasteiger partial charge in [-0.05, 0) is 78.1 Å². The second-order valence-corrected chi connectivity index (χ2v) is 6.74. The lowest BCUT2D eigenvalue weighted by atomic mass is 10.1. The Bertz CT molecular complexity index is 743. The number of methoxy groups -OCH3 is 2. The van der Waals surface area contributed by atoms with E-state index in [1.54, 1.807) is 14.2 Å². The van der Waals surface area contributed by atoms with E-state index >= 15 is 0 Å². The van der Waals surface area contributed by atoms with Crippen molar-refractivity contribution in [2.24, 2.45) is 0 Å². The molecule has 0 spiro atoms. The Labute approximate surface area is 182 Å². The van der Waals surface area contributed by atoms with Crippen LogP contribution in [0.25, 0.3) is 0 Å². The van der Waals surface area contributed by atoms with Gasteiger partial charge >= 0.3 is 0 Å². The maximum absolute atomic E-state index is 5.73. The molecule has 0 amide bonds. The molecule has 0 bridgehead atoms. The van der Waals surface area contributed by atoms with E-state index in [0.717, 1.165) is 52.5 Å². The third kappa shape index (κ3) is 6.76. The molecule has 0 atom stereocenters. The fourth-order valence-electron chi connectivity index (χ4n) is 2.77. The molecule has 156 valence electrons. The first-order valence-corrected chi connectivity index (χ1v) is 9.91. The van der Waals surface area contributed by atoms with Crippen LogP contribution in [0.1, 0.15) is 25.0 Å². The Morgan fingerprint density at radius 2 is 1.54 bits per heavy atom. The summed E-state index contributed by atoms with van der Waals surface area (Å²) in [6, 6.07) is 10.1. The molecule has 0 fully saturated rings. The number of benzene rings is 2. The van der Waals surface area contributed by atoms with Crippen LogP contribution in [0.4, 0.5) is 0 Å². The lowest BCUT2D eigenvalue weighted by molar-refractivity contribution is 0.286. The van der Waals surface area contributed by atoms with Gasteiger partial charge in [-0.25, -0.2) is 0 Å². The molecule has 0 aliphatic heterocycles. The summed E-state index contributed by atoms with van der Waals surface area (Å²) in [6.45, 7) is 6.73. The van der Waals surface area contributed by atoms with Crippen LogP contribution in [0.2, 0.25) is 0 Å². The molecule has 0 unspecified atom stereocenters. The third-order valence-electron chi connectivity index (χ3n) is 4.03. The van der Waals surface area contributed by atoms with Gasteiger partial charge in [0.25, 0.3) is 0 Å². The molecule has 0 radical (unpaired) electrons. The SMILES string of the molecule is CCOc1cc(CNCCc2ccc(OC)c(OC)c2)cc(Br)c1OCC.Cl. The van der Waals surface area contributed by atoms with Crippen molar-refractivity contribution >= 4 is 28.3 Å². The minimum absolute atomic E-state index is 0. The average Bonchev–Trinajstić information content (AvgIpc) is 2.68. The second-order valence-electron chi connectivity index (χ2n) is 5.89. The van der Waals surface area contributed by atoms with Gasteiger partial charge < -0.3 is 24.3 Å². The Hall–Kier alpha value is -1.63. The van der Waals surface area contributed by atoms with Crippen LogP contribution in [-0.4, -0.2) is 34.0 Å². The summed E-state index contributed by atoms with van der Waals surface area (Å²) < 4.78 is 23.0. The summed E-state index contributed by atoms with van der Waals surface area (Å²) in [5.74, 6) is 3.03. The van der Waals surface area contributed by atoms with Crippen LogP contribution in [0.15, 0.2) is 34.8 Å². The quantitative estimate of drug-likeness (QED) is 0.464. The minimum Gasteiger partial charge on any atom is -0.493 e. The molecule has 28 heavy (non-hydrogen) atoms. The maximum atomic E-state index is 5.73. The first-order chi connectivity index (χ1) is 13.1. The number of ether oxygens (including phenoxy) is 4. The first-order valence-electron chi connectivity index (χ1n) is 9.12. The smallest absolute Gasteiger partial charge is 0.175 e. The Morgan fingerprint density at radius 3 is 2.18 bits per heavy atom. The Kier molecular flexibility index (Phi) is 11.1. The molecule has 2 aromatic carbocycles. The maximum Gasteiger partial charge on any atom is 0.175 e. The summed E-state index contributed by atoms with van der Waals surface area (Å²) in [4.78, 5) is 0. The van der Waals surface area contributed by atoms with E-state index in [0.29, 0.717) is 13.2 Å². The van der Waals surface area contributed by atoms with Crippen molar-refractivity contribution in [3.05, 3.63) is 45.9 Å². The number of hydrogen-bond donors (Lipinski definition) is 1. The molecule has 2 aromatic rings. The topological polar surface area (TPSA) is 49.0 Å². The Morgan fingerprint density at radius 1 is 0.857 bits per heavy atom. The van der Waals surface area contributed by atoms with Gasteiger partial charge in [-0.15, -0.1) is 12.4 Å². The van der Waals surface area contributed by atoms with Crippen LogP contribution in [0.5, 0.6) is 23.0 Å². The summed E-state index contributed by atoms with van der Waals surface area (Å²) >= 11 is 3.59. The number of rotatable bonds is 11. The minimum atomic E-state index is 0. The van der Waals surface area contributed by atoms with Crippen LogP contribution in [0, 0.1) is 0 Å². The highest BCUT2D eigenvalue weighted by atomic mass is 79.9. The van der Waals surface area contributed by atoms with Crippen molar-refractivity contribution in [3.63, 3.8) is 0 Å². The summed E-state index contributed by atoms with van der Waals surface area (Å²) in [5.41, 5.74) is 2.34. The van der Waals surface area contributed by atoms with E-state index in [1.807, 2.05) is 32.0 Å².